The Kier molecular flexibility index (Phi) is 11.7. The van der Waals surface area contributed by atoms with E-state index in [1.807, 2.05) is 24.1 Å². The number of sulfonamides is 1. The smallest absolute Gasteiger partial charge is 0.337 e. The van der Waals surface area contributed by atoms with Gasteiger partial charge in [-0.25, -0.2) is 13.2 Å². The number of likely N-dealkylation sites (N-methyl/N-ethyl adjacent to an activating group) is 1. The number of piperidine rings is 1. The molecule has 0 atom stereocenters. The SMILES string of the molecule is COC(=O)c1ccc(N(C)S(=O)(=O)c2cc(C(=O)NCc3ccc(CN4CCCCC4)cc3)sc2-c2ccc(C(=O)N3CCN(C)CC3)cc2)cc1. The van der Waals surface area contributed by atoms with Gasteiger partial charge < -0.3 is 19.9 Å². The maximum Gasteiger partial charge on any atom is 0.337 e. The number of likely N-dealkylation sites (tertiary alicyclic amines) is 1. The fraction of sp³-hybridized carbons (Fsp3) is 0.359. The van der Waals surface area contributed by atoms with Crippen LogP contribution >= 0.6 is 11.3 Å². The highest BCUT2D eigenvalue weighted by atomic mass is 32.2. The number of carbonyl (C=O) groups excluding carboxylic acids is 3. The topological polar surface area (TPSA) is 120 Å². The number of piperazine rings is 1. The number of rotatable bonds is 11. The maximum absolute atomic E-state index is 14.2. The summed E-state index contributed by atoms with van der Waals surface area (Å²) in [5.74, 6) is -0.999. The third-order valence-electron chi connectivity index (χ3n) is 9.73. The molecule has 274 valence electrons. The minimum Gasteiger partial charge on any atom is -0.465 e. The number of methoxy groups -OCH3 is 1. The van der Waals surface area contributed by atoms with Crippen LogP contribution in [0.3, 0.4) is 0 Å². The van der Waals surface area contributed by atoms with E-state index < -0.39 is 21.9 Å². The molecule has 1 N–H and O–H groups in total. The zero-order valence-corrected chi connectivity index (χ0v) is 31.5. The quantitative estimate of drug-likeness (QED) is 0.205. The van der Waals surface area contributed by atoms with E-state index in [4.69, 9.17) is 4.74 Å². The van der Waals surface area contributed by atoms with Crippen LogP contribution in [-0.2, 0) is 27.8 Å². The molecule has 2 amide bonds. The zero-order chi connectivity index (χ0) is 36.8. The van der Waals surface area contributed by atoms with Gasteiger partial charge in [-0.05, 0) is 92.1 Å². The molecule has 0 radical (unpaired) electrons. The van der Waals surface area contributed by atoms with E-state index in [2.05, 4.69) is 27.2 Å². The molecule has 3 aromatic carbocycles. The van der Waals surface area contributed by atoms with Crippen LogP contribution < -0.4 is 9.62 Å². The van der Waals surface area contributed by atoms with Crippen molar-refractivity contribution in [3.05, 3.63) is 106 Å². The Balaban J connectivity index is 1.24. The predicted octanol–water partition coefficient (Wildman–Crippen LogP) is 5.33. The molecular weight excluding hydrogens is 699 g/mol. The van der Waals surface area contributed by atoms with Crippen molar-refractivity contribution < 1.29 is 27.5 Å². The van der Waals surface area contributed by atoms with Crippen LogP contribution in [0.5, 0.6) is 0 Å². The first-order valence-electron chi connectivity index (χ1n) is 17.5. The van der Waals surface area contributed by atoms with Crippen molar-refractivity contribution in [2.75, 3.05) is 64.8 Å². The van der Waals surface area contributed by atoms with E-state index in [0.29, 0.717) is 34.8 Å². The van der Waals surface area contributed by atoms with Gasteiger partial charge in [0.15, 0.2) is 0 Å². The van der Waals surface area contributed by atoms with Crippen LogP contribution in [0.1, 0.15) is 60.8 Å². The lowest BCUT2D eigenvalue weighted by atomic mass is 10.1. The number of carbonyl (C=O) groups is 3. The Morgan fingerprint density at radius 1 is 0.808 bits per heavy atom. The molecule has 2 aliphatic rings. The van der Waals surface area contributed by atoms with Crippen LogP contribution in [0.2, 0.25) is 0 Å². The normalized spacial score (nSPS) is 15.6. The molecule has 11 nitrogen and oxygen atoms in total. The summed E-state index contributed by atoms with van der Waals surface area (Å²) < 4.78 is 34.4. The Morgan fingerprint density at radius 2 is 1.42 bits per heavy atom. The lowest BCUT2D eigenvalue weighted by Gasteiger charge is -2.32. The van der Waals surface area contributed by atoms with Gasteiger partial charge in [0.1, 0.15) is 4.90 Å². The number of thiophene rings is 1. The number of ether oxygens (including phenoxy) is 1. The molecule has 4 aromatic rings. The lowest BCUT2D eigenvalue weighted by molar-refractivity contribution is 0.0599. The highest BCUT2D eigenvalue weighted by Crippen LogP contribution is 2.38. The van der Waals surface area contributed by atoms with E-state index in [9.17, 15) is 22.8 Å². The number of esters is 1. The average Bonchev–Trinajstić information content (AvgIpc) is 3.64. The summed E-state index contributed by atoms with van der Waals surface area (Å²) in [4.78, 5) is 45.8. The van der Waals surface area contributed by atoms with Crippen LogP contribution in [0.25, 0.3) is 10.4 Å². The van der Waals surface area contributed by atoms with E-state index in [-0.39, 0.29) is 27.8 Å². The van der Waals surface area contributed by atoms with Crippen LogP contribution in [0.4, 0.5) is 5.69 Å². The Bertz CT molecular complexity index is 1980. The minimum absolute atomic E-state index is 0.0394. The van der Waals surface area contributed by atoms with Crippen LogP contribution in [0, 0.1) is 0 Å². The van der Waals surface area contributed by atoms with Gasteiger partial charge in [0.25, 0.3) is 21.8 Å². The maximum atomic E-state index is 14.2. The van der Waals surface area contributed by atoms with Gasteiger partial charge in [0, 0.05) is 51.9 Å². The molecule has 13 heteroatoms. The van der Waals surface area contributed by atoms with Crippen molar-refractivity contribution in [2.45, 2.75) is 37.2 Å². The molecule has 2 saturated heterocycles. The fourth-order valence-electron chi connectivity index (χ4n) is 6.45. The first kappa shape index (κ1) is 37.2. The third-order valence-corrected chi connectivity index (χ3v) is 12.8. The van der Waals surface area contributed by atoms with Gasteiger partial charge in [0.05, 0.1) is 28.1 Å². The minimum atomic E-state index is -4.19. The monoisotopic (exact) mass is 743 g/mol. The average molecular weight is 744 g/mol. The Labute approximate surface area is 309 Å². The molecule has 2 fully saturated rings. The predicted molar refractivity (Wildman–Crippen MR) is 203 cm³/mol. The molecule has 6 rings (SSSR count). The molecule has 0 unspecified atom stereocenters. The highest BCUT2D eigenvalue weighted by molar-refractivity contribution is 7.93. The number of anilines is 1. The summed E-state index contributed by atoms with van der Waals surface area (Å²) >= 11 is 1.08. The number of nitrogens with one attached hydrogen (secondary N) is 1. The number of benzene rings is 3. The lowest BCUT2D eigenvalue weighted by Crippen LogP contribution is -2.47. The second-order valence-electron chi connectivity index (χ2n) is 13.3. The van der Waals surface area contributed by atoms with Gasteiger partial charge in [-0.15, -0.1) is 11.3 Å². The summed E-state index contributed by atoms with van der Waals surface area (Å²) in [5, 5.41) is 2.96. The molecule has 0 bridgehead atoms. The van der Waals surface area contributed by atoms with E-state index in [1.165, 1.54) is 69.3 Å². The van der Waals surface area contributed by atoms with Crippen molar-refractivity contribution in [1.29, 1.82) is 0 Å². The summed E-state index contributed by atoms with van der Waals surface area (Å²) in [7, 11) is 0.542. The Hall–Kier alpha value is -4.56. The van der Waals surface area contributed by atoms with Crippen molar-refractivity contribution >= 4 is 44.8 Å². The zero-order valence-electron chi connectivity index (χ0n) is 29.8. The first-order valence-corrected chi connectivity index (χ1v) is 19.8. The molecular formula is C39H45N5O6S2. The van der Waals surface area contributed by atoms with Crippen molar-refractivity contribution in [1.82, 2.24) is 20.0 Å². The van der Waals surface area contributed by atoms with Crippen molar-refractivity contribution in [3.63, 3.8) is 0 Å². The Morgan fingerprint density at radius 3 is 2.06 bits per heavy atom. The molecule has 0 aliphatic carbocycles. The van der Waals surface area contributed by atoms with Crippen LogP contribution in [0.15, 0.2) is 83.8 Å². The molecule has 0 saturated carbocycles. The van der Waals surface area contributed by atoms with Crippen molar-refractivity contribution in [3.8, 4) is 10.4 Å². The first-order chi connectivity index (χ1) is 25.0. The summed E-state index contributed by atoms with van der Waals surface area (Å²) in [6.07, 6.45) is 3.77. The number of amides is 2. The van der Waals surface area contributed by atoms with E-state index in [1.54, 1.807) is 24.3 Å². The second kappa shape index (κ2) is 16.4. The van der Waals surface area contributed by atoms with Gasteiger partial charge in [-0.3, -0.25) is 18.8 Å². The van der Waals surface area contributed by atoms with Gasteiger partial charge in [-0.2, -0.15) is 0 Å². The summed E-state index contributed by atoms with van der Waals surface area (Å²) in [6, 6.07) is 22.5. The molecule has 3 heterocycles. The number of hydrogen-bond acceptors (Lipinski definition) is 9. The van der Waals surface area contributed by atoms with Crippen molar-refractivity contribution in [2.24, 2.45) is 0 Å². The third kappa shape index (κ3) is 8.55. The van der Waals surface area contributed by atoms with Gasteiger partial charge in [-0.1, -0.05) is 42.8 Å². The number of nitrogens with zero attached hydrogens (tertiary/aromatic N) is 4. The molecule has 2 aliphatic heterocycles. The molecule has 0 spiro atoms. The largest absolute Gasteiger partial charge is 0.465 e. The second-order valence-corrected chi connectivity index (χ2v) is 16.3. The van der Waals surface area contributed by atoms with Gasteiger partial charge >= 0.3 is 5.97 Å². The number of hydrogen-bond donors (Lipinski definition) is 1. The summed E-state index contributed by atoms with van der Waals surface area (Å²) in [5.41, 5.74) is 3.86. The van der Waals surface area contributed by atoms with Gasteiger partial charge in [0.2, 0.25) is 0 Å². The van der Waals surface area contributed by atoms with Crippen LogP contribution in [-0.4, -0.2) is 101 Å². The van der Waals surface area contributed by atoms with E-state index >= 15 is 0 Å². The highest BCUT2D eigenvalue weighted by Gasteiger charge is 2.30. The van der Waals surface area contributed by atoms with E-state index in [0.717, 1.165) is 53.9 Å². The molecule has 52 heavy (non-hydrogen) atoms. The summed E-state index contributed by atoms with van der Waals surface area (Å²) in [6.45, 7) is 6.31. The standard InChI is InChI=1S/C39H45N5O6S2/c1-41-21-23-44(24-22-41)38(46)31-13-11-30(12-14-31)36-35(52(48,49)42(2)33-17-15-32(16-18-33)39(47)50-3)25-34(51-36)37(45)40-26-28-7-9-29(10-8-28)27-43-19-5-4-6-20-43/h7-18,25H,4-6,19-24,26-27H2,1-3H3,(H,40,45). The molecule has 1 aromatic heterocycles. The fourth-order valence-corrected chi connectivity index (χ4v) is 9.26.